The van der Waals surface area contributed by atoms with Gasteiger partial charge in [-0.3, -0.25) is 0 Å². The first-order chi connectivity index (χ1) is 9.93. The standard InChI is InChI=1S/C16H22N2O3/c1-3-16(2)8-10-18(11-9-16)15(21)17-13-6-4-12(5-7-13)14(19)20/h4-7H,3,8-11H2,1-2H3,(H,17,21)(H,19,20). The normalized spacial score (nSPS) is 17.3. The van der Waals surface area contributed by atoms with Crippen LogP contribution in [0, 0.1) is 5.41 Å². The van der Waals surface area contributed by atoms with Crippen LogP contribution in [-0.2, 0) is 0 Å². The Morgan fingerprint density at radius 1 is 1.24 bits per heavy atom. The van der Waals surface area contributed by atoms with Gasteiger partial charge in [0, 0.05) is 18.8 Å². The van der Waals surface area contributed by atoms with Crippen LogP contribution in [0.2, 0.25) is 0 Å². The molecule has 1 aliphatic heterocycles. The first-order valence-electron chi connectivity index (χ1n) is 7.33. The maximum Gasteiger partial charge on any atom is 0.335 e. The monoisotopic (exact) mass is 290 g/mol. The van der Waals surface area contributed by atoms with E-state index in [1.54, 1.807) is 12.1 Å². The smallest absolute Gasteiger partial charge is 0.335 e. The number of carbonyl (C=O) groups is 2. The number of benzene rings is 1. The highest BCUT2D eigenvalue weighted by atomic mass is 16.4. The molecule has 0 atom stereocenters. The molecule has 1 aromatic carbocycles. The van der Waals surface area contributed by atoms with Gasteiger partial charge in [0.05, 0.1) is 5.56 Å². The number of hydrogen-bond donors (Lipinski definition) is 2. The van der Waals surface area contributed by atoms with Gasteiger partial charge in [-0.2, -0.15) is 0 Å². The lowest BCUT2D eigenvalue weighted by Gasteiger charge is -2.38. The van der Waals surface area contributed by atoms with Crippen LogP contribution < -0.4 is 5.32 Å². The Morgan fingerprint density at radius 2 is 1.81 bits per heavy atom. The zero-order valence-electron chi connectivity index (χ0n) is 12.6. The minimum Gasteiger partial charge on any atom is -0.478 e. The summed E-state index contributed by atoms with van der Waals surface area (Å²) in [5.41, 5.74) is 1.18. The molecule has 0 aromatic heterocycles. The van der Waals surface area contributed by atoms with Crippen LogP contribution in [0.15, 0.2) is 24.3 Å². The van der Waals surface area contributed by atoms with E-state index in [2.05, 4.69) is 19.2 Å². The molecule has 0 radical (unpaired) electrons. The molecule has 1 fully saturated rings. The Bertz CT molecular complexity index is 517. The van der Waals surface area contributed by atoms with Gasteiger partial charge in [-0.1, -0.05) is 20.3 Å². The summed E-state index contributed by atoms with van der Waals surface area (Å²) in [4.78, 5) is 24.8. The van der Waals surface area contributed by atoms with Crippen LogP contribution in [-0.4, -0.2) is 35.1 Å². The minimum absolute atomic E-state index is 0.115. The third-order valence-electron chi connectivity index (χ3n) is 4.49. The van der Waals surface area contributed by atoms with Crippen LogP contribution in [0.4, 0.5) is 10.5 Å². The zero-order valence-corrected chi connectivity index (χ0v) is 12.6. The van der Waals surface area contributed by atoms with Gasteiger partial charge in [-0.15, -0.1) is 0 Å². The van der Waals surface area contributed by atoms with E-state index in [0.717, 1.165) is 32.4 Å². The van der Waals surface area contributed by atoms with E-state index in [-0.39, 0.29) is 11.6 Å². The van der Waals surface area contributed by atoms with E-state index in [4.69, 9.17) is 5.11 Å². The number of carboxylic acid groups (broad SMARTS) is 1. The molecule has 0 saturated carbocycles. The molecular weight excluding hydrogens is 268 g/mol. The average molecular weight is 290 g/mol. The Hall–Kier alpha value is -2.04. The largest absolute Gasteiger partial charge is 0.478 e. The lowest BCUT2D eigenvalue weighted by Crippen LogP contribution is -2.43. The Kier molecular flexibility index (Phi) is 4.50. The summed E-state index contributed by atoms with van der Waals surface area (Å²) in [6, 6.07) is 6.09. The summed E-state index contributed by atoms with van der Waals surface area (Å²) in [5.74, 6) is -0.970. The third-order valence-corrected chi connectivity index (χ3v) is 4.49. The van der Waals surface area contributed by atoms with Gasteiger partial charge in [0.15, 0.2) is 0 Å². The predicted octanol–water partition coefficient (Wildman–Crippen LogP) is 3.43. The summed E-state index contributed by atoms with van der Waals surface area (Å²) < 4.78 is 0. The molecule has 1 aliphatic rings. The van der Waals surface area contributed by atoms with Crippen molar-refractivity contribution in [3.05, 3.63) is 29.8 Å². The summed E-state index contributed by atoms with van der Waals surface area (Å²) in [7, 11) is 0. The molecule has 114 valence electrons. The summed E-state index contributed by atoms with van der Waals surface area (Å²) in [5, 5.41) is 11.7. The molecule has 0 aliphatic carbocycles. The number of carboxylic acids is 1. The first-order valence-corrected chi connectivity index (χ1v) is 7.33. The maximum atomic E-state index is 12.2. The lowest BCUT2D eigenvalue weighted by molar-refractivity contribution is 0.0697. The van der Waals surface area contributed by atoms with E-state index >= 15 is 0 Å². The SMILES string of the molecule is CCC1(C)CCN(C(=O)Nc2ccc(C(=O)O)cc2)CC1. The summed E-state index contributed by atoms with van der Waals surface area (Å²) in [6.45, 7) is 6.00. The number of rotatable bonds is 3. The molecule has 1 aromatic rings. The van der Waals surface area contributed by atoms with Crippen molar-refractivity contribution in [1.29, 1.82) is 0 Å². The molecule has 0 spiro atoms. The van der Waals surface area contributed by atoms with Gasteiger partial charge in [0.1, 0.15) is 0 Å². The number of urea groups is 1. The van der Waals surface area contributed by atoms with Crippen molar-refractivity contribution < 1.29 is 14.7 Å². The van der Waals surface area contributed by atoms with Gasteiger partial charge in [-0.25, -0.2) is 9.59 Å². The third kappa shape index (κ3) is 3.74. The predicted molar refractivity (Wildman–Crippen MR) is 81.6 cm³/mol. The second-order valence-electron chi connectivity index (χ2n) is 5.96. The van der Waals surface area contributed by atoms with E-state index in [1.807, 2.05) is 4.90 Å². The van der Waals surface area contributed by atoms with Crippen molar-refractivity contribution in [1.82, 2.24) is 4.90 Å². The number of piperidine rings is 1. The quantitative estimate of drug-likeness (QED) is 0.896. The van der Waals surface area contributed by atoms with E-state index in [9.17, 15) is 9.59 Å². The molecule has 5 nitrogen and oxygen atoms in total. The number of aromatic carboxylic acids is 1. The Balaban J connectivity index is 1.92. The fraction of sp³-hybridized carbons (Fsp3) is 0.500. The molecular formula is C16H22N2O3. The summed E-state index contributed by atoms with van der Waals surface area (Å²) >= 11 is 0. The molecule has 0 bridgehead atoms. The number of likely N-dealkylation sites (tertiary alicyclic amines) is 1. The van der Waals surface area contributed by atoms with Crippen LogP contribution >= 0.6 is 0 Å². The highest BCUT2D eigenvalue weighted by Gasteiger charge is 2.30. The second-order valence-corrected chi connectivity index (χ2v) is 5.96. The highest BCUT2D eigenvalue weighted by Crippen LogP contribution is 2.34. The van der Waals surface area contributed by atoms with Crippen molar-refractivity contribution in [2.75, 3.05) is 18.4 Å². The van der Waals surface area contributed by atoms with Crippen molar-refractivity contribution >= 4 is 17.7 Å². The molecule has 2 N–H and O–H groups in total. The van der Waals surface area contributed by atoms with Crippen molar-refractivity contribution in [2.24, 2.45) is 5.41 Å². The van der Waals surface area contributed by atoms with E-state index in [1.165, 1.54) is 12.1 Å². The number of nitrogens with zero attached hydrogens (tertiary/aromatic N) is 1. The minimum atomic E-state index is -0.970. The number of anilines is 1. The highest BCUT2D eigenvalue weighted by molar-refractivity contribution is 5.91. The molecule has 2 rings (SSSR count). The van der Waals surface area contributed by atoms with Crippen molar-refractivity contribution in [2.45, 2.75) is 33.1 Å². The van der Waals surface area contributed by atoms with Crippen LogP contribution in [0.5, 0.6) is 0 Å². The molecule has 21 heavy (non-hydrogen) atoms. The fourth-order valence-corrected chi connectivity index (χ4v) is 2.50. The molecule has 1 saturated heterocycles. The lowest BCUT2D eigenvalue weighted by atomic mass is 9.78. The number of amides is 2. The van der Waals surface area contributed by atoms with Crippen LogP contribution in [0.3, 0.4) is 0 Å². The van der Waals surface area contributed by atoms with Crippen LogP contribution in [0.1, 0.15) is 43.5 Å². The van der Waals surface area contributed by atoms with Gasteiger partial charge < -0.3 is 15.3 Å². The topological polar surface area (TPSA) is 69.6 Å². The van der Waals surface area contributed by atoms with Crippen LogP contribution in [0.25, 0.3) is 0 Å². The zero-order chi connectivity index (χ0) is 15.5. The average Bonchev–Trinajstić information content (AvgIpc) is 2.48. The Morgan fingerprint density at radius 3 is 2.29 bits per heavy atom. The summed E-state index contributed by atoms with van der Waals surface area (Å²) in [6.07, 6.45) is 3.18. The van der Waals surface area contributed by atoms with Crippen molar-refractivity contribution in [3.8, 4) is 0 Å². The Labute approximate surface area is 125 Å². The number of carbonyl (C=O) groups excluding carboxylic acids is 1. The van der Waals surface area contributed by atoms with E-state index in [0.29, 0.717) is 11.1 Å². The number of hydrogen-bond acceptors (Lipinski definition) is 2. The van der Waals surface area contributed by atoms with Gasteiger partial charge >= 0.3 is 12.0 Å². The molecule has 0 unspecified atom stereocenters. The van der Waals surface area contributed by atoms with Gasteiger partial charge in [0.25, 0.3) is 0 Å². The van der Waals surface area contributed by atoms with E-state index < -0.39 is 5.97 Å². The molecule has 1 heterocycles. The second kappa shape index (κ2) is 6.16. The molecule has 5 heteroatoms. The number of nitrogens with one attached hydrogen (secondary N) is 1. The van der Waals surface area contributed by atoms with Gasteiger partial charge in [-0.05, 0) is 42.5 Å². The maximum absolute atomic E-state index is 12.2. The fourth-order valence-electron chi connectivity index (χ4n) is 2.50. The first kappa shape index (κ1) is 15.4. The van der Waals surface area contributed by atoms with Gasteiger partial charge in [0.2, 0.25) is 0 Å². The van der Waals surface area contributed by atoms with Crippen molar-refractivity contribution in [3.63, 3.8) is 0 Å². The molecule has 2 amide bonds.